The highest BCUT2D eigenvalue weighted by Gasteiger charge is 2.36. The molecule has 2 heterocycles. The molecule has 0 bridgehead atoms. The Bertz CT molecular complexity index is 1300. The van der Waals surface area contributed by atoms with Gasteiger partial charge in [-0.25, -0.2) is 8.42 Å². The number of thiophene rings is 1. The summed E-state index contributed by atoms with van der Waals surface area (Å²) in [6.07, 6.45) is 0.788. The molecule has 0 saturated carbocycles. The number of fused-ring (bicyclic) bond motifs is 1. The molecular weight excluding hydrogens is 464 g/mol. The highest BCUT2D eigenvalue weighted by Crippen LogP contribution is 2.39. The van der Waals surface area contributed by atoms with Crippen LogP contribution in [-0.2, 0) is 21.2 Å². The minimum Gasteiger partial charge on any atom is -0.330 e. The van der Waals surface area contributed by atoms with Gasteiger partial charge in [-0.3, -0.25) is 4.79 Å². The van der Waals surface area contributed by atoms with Gasteiger partial charge < -0.3 is 4.90 Å². The molecule has 1 aliphatic rings. The van der Waals surface area contributed by atoms with E-state index in [1.165, 1.54) is 9.18 Å². The van der Waals surface area contributed by atoms with Crippen molar-refractivity contribution in [3.63, 3.8) is 0 Å². The van der Waals surface area contributed by atoms with Gasteiger partial charge in [0.1, 0.15) is 0 Å². The third kappa shape index (κ3) is 4.44. The number of sulfonamides is 1. The number of carbonyl (C=O) groups excluding carboxylic acids is 1. The zero-order valence-electron chi connectivity index (χ0n) is 20.5. The Morgan fingerprint density at radius 1 is 1.03 bits per heavy atom. The Morgan fingerprint density at radius 2 is 1.71 bits per heavy atom. The van der Waals surface area contributed by atoms with Crippen molar-refractivity contribution in [3.05, 3.63) is 86.1 Å². The number of nitrogens with zero attached hydrogens (tertiary/aromatic N) is 2. The lowest BCUT2D eigenvalue weighted by Gasteiger charge is -2.38. The van der Waals surface area contributed by atoms with E-state index in [4.69, 9.17) is 0 Å². The van der Waals surface area contributed by atoms with Crippen molar-refractivity contribution in [2.24, 2.45) is 0 Å². The van der Waals surface area contributed by atoms with Crippen molar-refractivity contribution in [3.8, 4) is 0 Å². The van der Waals surface area contributed by atoms with Gasteiger partial charge in [0.2, 0.25) is 15.9 Å². The standard InChI is InChI=1S/C27H32N2O3S2/c1-6-28(34(31,32)27-20(4)15-18(2)16-21(27)5)17-25(30)29-13-11-24-23(12-14-33-24)26(29)22-10-8-7-9-19(22)3/h7-10,12,14-16,26H,6,11,13,17H2,1-5H3. The van der Waals surface area contributed by atoms with Crippen molar-refractivity contribution < 1.29 is 13.2 Å². The molecule has 0 saturated heterocycles. The molecule has 2 aromatic carbocycles. The largest absolute Gasteiger partial charge is 0.330 e. The molecule has 1 aliphatic heterocycles. The van der Waals surface area contributed by atoms with Crippen LogP contribution in [0.4, 0.5) is 0 Å². The molecule has 4 rings (SSSR count). The van der Waals surface area contributed by atoms with Crippen LogP contribution >= 0.6 is 11.3 Å². The summed E-state index contributed by atoms with van der Waals surface area (Å²) in [5, 5.41) is 2.08. The summed E-state index contributed by atoms with van der Waals surface area (Å²) >= 11 is 1.72. The van der Waals surface area contributed by atoms with E-state index >= 15 is 0 Å². The van der Waals surface area contributed by atoms with Crippen LogP contribution < -0.4 is 0 Å². The van der Waals surface area contributed by atoms with Gasteiger partial charge in [-0.2, -0.15) is 4.31 Å². The monoisotopic (exact) mass is 496 g/mol. The minimum absolute atomic E-state index is 0.169. The molecule has 0 aliphatic carbocycles. The van der Waals surface area contributed by atoms with Gasteiger partial charge >= 0.3 is 0 Å². The summed E-state index contributed by atoms with van der Waals surface area (Å²) in [5.41, 5.74) is 5.80. The molecule has 3 aromatic rings. The maximum absolute atomic E-state index is 13.7. The van der Waals surface area contributed by atoms with Crippen LogP contribution in [-0.4, -0.2) is 43.2 Å². The van der Waals surface area contributed by atoms with E-state index in [0.717, 1.165) is 28.7 Å². The predicted molar refractivity (Wildman–Crippen MR) is 138 cm³/mol. The fraction of sp³-hybridized carbons (Fsp3) is 0.370. The SMILES string of the molecule is CCN(CC(=O)N1CCc2sccc2C1c1ccccc1C)S(=O)(=O)c1c(C)cc(C)cc1C. The Morgan fingerprint density at radius 3 is 2.35 bits per heavy atom. The smallest absolute Gasteiger partial charge is 0.244 e. The molecule has 180 valence electrons. The van der Waals surface area contributed by atoms with E-state index in [0.29, 0.717) is 22.6 Å². The number of benzene rings is 2. The maximum Gasteiger partial charge on any atom is 0.244 e. The van der Waals surface area contributed by atoms with Gasteiger partial charge in [0.25, 0.3) is 0 Å². The number of rotatable bonds is 6. The van der Waals surface area contributed by atoms with Crippen LogP contribution in [0, 0.1) is 27.7 Å². The van der Waals surface area contributed by atoms with Gasteiger partial charge in [-0.15, -0.1) is 11.3 Å². The summed E-state index contributed by atoms with van der Waals surface area (Å²) < 4.78 is 28.6. The lowest BCUT2D eigenvalue weighted by molar-refractivity contribution is -0.133. The van der Waals surface area contributed by atoms with Gasteiger partial charge in [0, 0.05) is 18.0 Å². The fourth-order valence-electron chi connectivity index (χ4n) is 5.13. The predicted octanol–water partition coefficient (Wildman–Crippen LogP) is 5.17. The molecule has 0 N–H and O–H groups in total. The molecule has 1 unspecified atom stereocenters. The molecule has 34 heavy (non-hydrogen) atoms. The Kier molecular flexibility index (Phi) is 6.99. The third-order valence-corrected chi connectivity index (χ3v) is 9.86. The summed E-state index contributed by atoms with van der Waals surface area (Å²) in [6, 6.07) is 13.8. The molecule has 0 fully saturated rings. The molecule has 0 radical (unpaired) electrons. The molecular formula is C27H32N2O3S2. The van der Waals surface area contributed by atoms with Crippen molar-refractivity contribution in [2.75, 3.05) is 19.6 Å². The number of amides is 1. The number of aryl methyl sites for hydroxylation is 4. The number of hydrogen-bond donors (Lipinski definition) is 0. The van der Waals surface area contributed by atoms with E-state index in [1.807, 2.05) is 49.9 Å². The first kappa shape index (κ1) is 24.6. The molecule has 1 aromatic heterocycles. The Hall–Kier alpha value is -2.48. The van der Waals surface area contributed by atoms with Crippen LogP contribution in [0.2, 0.25) is 0 Å². The van der Waals surface area contributed by atoms with Crippen molar-refractivity contribution in [2.45, 2.75) is 52.0 Å². The van der Waals surface area contributed by atoms with E-state index in [9.17, 15) is 13.2 Å². The summed E-state index contributed by atoms with van der Waals surface area (Å²) in [7, 11) is -3.82. The van der Waals surface area contributed by atoms with Gasteiger partial charge in [-0.1, -0.05) is 48.9 Å². The second-order valence-electron chi connectivity index (χ2n) is 9.05. The van der Waals surface area contributed by atoms with E-state index < -0.39 is 10.0 Å². The highest BCUT2D eigenvalue weighted by atomic mass is 32.2. The Labute approximate surface area is 207 Å². The second kappa shape index (κ2) is 9.64. The van der Waals surface area contributed by atoms with Crippen molar-refractivity contribution in [1.29, 1.82) is 0 Å². The topological polar surface area (TPSA) is 57.7 Å². The molecule has 5 nitrogen and oxygen atoms in total. The van der Waals surface area contributed by atoms with Gasteiger partial charge in [-0.05, 0) is 73.4 Å². The van der Waals surface area contributed by atoms with E-state index in [2.05, 4.69) is 30.5 Å². The zero-order valence-corrected chi connectivity index (χ0v) is 22.1. The number of hydrogen-bond acceptors (Lipinski definition) is 4. The number of carbonyl (C=O) groups is 1. The highest BCUT2D eigenvalue weighted by molar-refractivity contribution is 7.89. The van der Waals surface area contributed by atoms with Crippen molar-refractivity contribution >= 4 is 27.3 Å². The lowest BCUT2D eigenvalue weighted by atomic mass is 9.90. The van der Waals surface area contributed by atoms with Crippen LogP contribution in [0.5, 0.6) is 0 Å². The maximum atomic E-state index is 13.7. The third-order valence-electron chi connectivity index (χ3n) is 6.64. The summed E-state index contributed by atoms with van der Waals surface area (Å²) in [6.45, 7) is 10.1. The molecule has 1 amide bonds. The second-order valence-corrected chi connectivity index (χ2v) is 11.9. The van der Waals surface area contributed by atoms with Crippen molar-refractivity contribution in [1.82, 2.24) is 9.21 Å². The minimum atomic E-state index is -3.82. The molecule has 1 atom stereocenters. The van der Waals surface area contributed by atoms with Gasteiger partial charge in [0.15, 0.2) is 0 Å². The normalized spacial score (nSPS) is 16.1. The lowest BCUT2D eigenvalue weighted by Crippen LogP contribution is -2.47. The Balaban J connectivity index is 1.69. The van der Waals surface area contributed by atoms with Crippen LogP contribution in [0.1, 0.15) is 51.2 Å². The molecule has 7 heteroatoms. The van der Waals surface area contributed by atoms with Gasteiger partial charge in [0.05, 0.1) is 17.5 Å². The quantitative estimate of drug-likeness (QED) is 0.473. The molecule has 0 spiro atoms. The van der Waals surface area contributed by atoms with Crippen LogP contribution in [0.3, 0.4) is 0 Å². The van der Waals surface area contributed by atoms with Crippen LogP contribution in [0.15, 0.2) is 52.7 Å². The zero-order chi connectivity index (χ0) is 24.6. The first-order valence-electron chi connectivity index (χ1n) is 11.6. The van der Waals surface area contributed by atoms with E-state index in [-0.39, 0.29) is 25.0 Å². The average molecular weight is 497 g/mol. The van der Waals surface area contributed by atoms with Crippen LogP contribution in [0.25, 0.3) is 0 Å². The first-order valence-corrected chi connectivity index (χ1v) is 14.0. The summed E-state index contributed by atoms with van der Waals surface area (Å²) in [4.78, 5) is 17.2. The average Bonchev–Trinajstić information content (AvgIpc) is 3.25. The summed E-state index contributed by atoms with van der Waals surface area (Å²) in [5.74, 6) is -0.169. The fourth-order valence-corrected chi connectivity index (χ4v) is 7.84. The first-order chi connectivity index (χ1) is 16.1. The number of likely N-dealkylation sites (N-methyl/N-ethyl adjacent to an activating group) is 1. The van der Waals surface area contributed by atoms with E-state index in [1.54, 1.807) is 18.3 Å².